The van der Waals surface area contributed by atoms with Crippen LogP contribution in [0.15, 0.2) is 36.4 Å². The van der Waals surface area contributed by atoms with E-state index in [9.17, 15) is 4.79 Å². The second kappa shape index (κ2) is 9.36. The Morgan fingerprint density at radius 1 is 1.17 bits per heavy atom. The van der Waals surface area contributed by atoms with Gasteiger partial charge in [0.25, 0.3) is 0 Å². The molecule has 0 bridgehead atoms. The summed E-state index contributed by atoms with van der Waals surface area (Å²) in [7, 11) is 0. The maximum Gasteiger partial charge on any atom is 0.225 e. The lowest BCUT2D eigenvalue weighted by Crippen LogP contribution is -2.14. The third kappa shape index (κ3) is 5.44. The molecule has 5 heteroatoms. The number of benzene rings is 2. The van der Waals surface area contributed by atoms with Gasteiger partial charge in [-0.25, -0.2) is 0 Å². The molecule has 0 unspecified atom stereocenters. The Labute approximate surface area is 157 Å². The van der Waals surface area contributed by atoms with Crippen LogP contribution in [0.1, 0.15) is 30.0 Å². The predicted molar refractivity (Wildman–Crippen MR) is 106 cm³/mol. The summed E-state index contributed by atoms with van der Waals surface area (Å²) in [6, 6.07) is 11.7. The molecular formula is C19H21Cl2NOS. The zero-order valence-electron chi connectivity index (χ0n) is 13.9. The fourth-order valence-electron chi connectivity index (χ4n) is 2.39. The lowest BCUT2D eigenvalue weighted by atomic mass is 10.1. The van der Waals surface area contributed by atoms with Gasteiger partial charge in [0.05, 0.1) is 10.0 Å². The van der Waals surface area contributed by atoms with Gasteiger partial charge in [-0.2, -0.15) is 11.8 Å². The summed E-state index contributed by atoms with van der Waals surface area (Å²) < 4.78 is 0. The van der Waals surface area contributed by atoms with Crippen molar-refractivity contribution in [2.45, 2.75) is 32.4 Å². The van der Waals surface area contributed by atoms with Crippen molar-refractivity contribution in [1.82, 2.24) is 0 Å². The minimum Gasteiger partial charge on any atom is -0.326 e. The third-order valence-corrected chi connectivity index (χ3v) is 5.50. The van der Waals surface area contributed by atoms with Crippen molar-refractivity contribution in [3.05, 3.63) is 63.1 Å². The van der Waals surface area contributed by atoms with E-state index < -0.39 is 0 Å². The monoisotopic (exact) mass is 381 g/mol. The summed E-state index contributed by atoms with van der Waals surface area (Å²) in [5.74, 6) is 1.63. The van der Waals surface area contributed by atoms with E-state index in [0.29, 0.717) is 16.5 Å². The summed E-state index contributed by atoms with van der Waals surface area (Å²) in [5.41, 5.74) is 4.35. The van der Waals surface area contributed by atoms with E-state index in [0.717, 1.165) is 34.7 Å². The number of thioether (sulfide) groups is 1. The maximum absolute atomic E-state index is 12.2. The molecule has 0 heterocycles. The van der Waals surface area contributed by atoms with Crippen LogP contribution in [0.25, 0.3) is 0 Å². The molecule has 0 aliphatic rings. The second-order valence-electron chi connectivity index (χ2n) is 5.56. The average Bonchev–Trinajstić information content (AvgIpc) is 2.56. The first-order chi connectivity index (χ1) is 11.5. The fraction of sp³-hybridized carbons (Fsp3) is 0.316. The van der Waals surface area contributed by atoms with Crippen LogP contribution in [0, 0.1) is 6.92 Å². The van der Waals surface area contributed by atoms with Crippen molar-refractivity contribution in [1.29, 1.82) is 0 Å². The van der Waals surface area contributed by atoms with E-state index in [1.165, 1.54) is 5.56 Å². The van der Waals surface area contributed by atoms with E-state index >= 15 is 0 Å². The van der Waals surface area contributed by atoms with Gasteiger partial charge >= 0.3 is 0 Å². The molecule has 0 aliphatic heterocycles. The van der Waals surface area contributed by atoms with Crippen LogP contribution in [0.3, 0.4) is 0 Å². The smallest absolute Gasteiger partial charge is 0.225 e. The summed E-state index contributed by atoms with van der Waals surface area (Å²) in [6.45, 7) is 4.12. The standard InChI is InChI=1S/C19H21Cl2NOS/c1-3-15-6-4-5-13(2)19(15)22-18(23)9-10-24-12-14-7-8-16(20)17(21)11-14/h4-8,11H,3,9-10,12H2,1-2H3,(H,22,23). The highest BCUT2D eigenvalue weighted by molar-refractivity contribution is 7.98. The van der Waals surface area contributed by atoms with E-state index in [4.69, 9.17) is 23.2 Å². The summed E-state index contributed by atoms with van der Waals surface area (Å²) in [5, 5.41) is 4.19. The van der Waals surface area contributed by atoms with Crippen molar-refractivity contribution in [3.63, 3.8) is 0 Å². The Kier molecular flexibility index (Phi) is 7.47. The molecule has 0 radical (unpaired) electrons. The Balaban J connectivity index is 1.80. The van der Waals surface area contributed by atoms with Gasteiger partial charge < -0.3 is 5.32 Å². The molecule has 2 aromatic carbocycles. The molecule has 0 aromatic heterocycles. The molecule has 0 saturated heterocycles. The quantitative estimate of drug-likeness (QED) is 0.584. The molecular weight excluding hydrogens is 361 g/mol. The van der Waals surface area contributed by atoms with E-state index in [1.54, 1.807) is 17.8 Å². The van der Waals surface area contributed by atoms with Crippen LogP contribution in [0.2, 0.25) is 10.0 Å². The largest absolute Gasteiger partial charge is 0.326 e. The number of carbonyl (C=O) groups excluding carboxylic acids is 1. The number of anilines is 1. The Hall–Kier alpha value is -1.16. The lowest BCUT2D eigenvalue weighted by Gasteiger charge is -2.13. The summed E-state index contributed by atoms with van der Waals surface area (Å²) in [6.07, 6.45) is 1.40. The molecule has 128 valence electrons. The molecule has 0 saturated carbocycles. The molecule has 1 amide bonds. The number of carbonyl (C=O) groups is 1. The van der Waals surface area contributed by atoms with Gasteiger partial charge in [0.15, 0.2) is 0 Å². The number of hydrogen-bond acceptors (Lipinski definition) is 2. The van der Waals surface area contributed by atoms with Gasteiger partial charge in [-0.3, -0.25) is 4.79 Å². The minimum absolute atomic E-state index is 0.0561. The summed E-state index contributed by atoms with van der Waals surface area (Å²) >= 11 is 13.6. The fourth-order valence-corrected chi connectivity index (χ4v) is 3.60. The van der Waals surface area contributed by atoms with Gasteiger partial charge in [-0.05, 0) is 42.2 Å². The first-order valence-electron chi connectivity index (χ1n) is 7.91. The molecule has 0 spiro atoms. The average molecular weight is 382 g/mol. The van der Waals surface area contributed by atoms with Crippen LogP contribution in [-0.2, 0) is 17.0 Å². The Morgan fingerprint density at radius 3 is 2.67 bits per heavy atom. The highest BCUT2D eigenvalue weighted by atomic mass is 35.5. The third-order valence-electron chi connectivity index (χ3n) is 3.73. The topological polar surface area (TPSA) is 29.1 Å². The molecule has 1 N–H and O–H groups in total. The number of hydrogen-bond donors (Lipinski definition) is 1. The van der Waals surface area contributed by atoms with Crippen molar-refractivity contribution in [2.24, 2.45) is 0 Å². The molecule has 2 nitrogen and oxygen atoms in total. The highest BCUT2D eigenvalue weighted by Gasteiger charge is 2.08. The zero-order chi connectivity index (χ0) is 17.5. The second-order valence-corrected chi connectivity index (χ2v) is 7.48. The molecule has 2 aromatic rings. The van der Waals surface area contributed by atoms with Gasteiger partial charge in [0, 0.05) is 23.6 Å². The van der Waals surface area contributed by atoms with Crippen LogP contribution in [0.4, 0.5) is 5.69 Å². The van der Waals surface area contributed by atoms with Crippen LogP contribution in [-0.4, -0.2) is 11.7 Å². The maximum atomic E-state index is 12.2. The number of aryl methyl sites for hydroxylation is 2. The van der Waals surface area contributed by atoms with E-state index in [2.05, 4.69) is 18.3 Å². The molecule has 24 heavy (non-hydrogen) atoms. The Morgan fingerprint density at radius 2 is 1.96 bits per heavy atom. The van der Waals surface area contributed by atoms with Crippen molar-refractivity contribution < 1.29 is 4.79 Å². The lowest BCUT2D eigenvalue weighted by molar-refractivity contribution is -0.115. The zero-order valence-corrected chi connectivity index (χ0v) is 16.2. The first-order valence-corrected chi connectivity index (χ1v) is 9.82. The van der Waals surface area contributed by atoms with Gasteiger partial charge in [0.1, 0.15) is 0 Å². The van der Waals surface area contributed by atoms with Gasteiger partial charge in [-0.15, -0.1) is 0 Å². The molecule has 2 rings (SSSR count). The number of para-hydroxylation sites is 1. The molecule has 0 fully saturated rings. The van der Waals surface area contributed by atoms with E-state index in [1.807, 2.05) is 31.2 Å². The first kappa shape index (κ1) is 19.2. The van der Waals surface area contributed by atoms with Crippen LogP contribution in [0.5, 0.6) is 0 Å². The van der Waals surface area contributed by atoms with Gasteiger partial charge in [-0.1, -0.05) is 54.4 Å². The molecule has 0 atom stereocenters. The highest BCUT2D eigenvalue weighted by Crippen LogP contribution is 2.25. The number of amides is 1. The Bertz CT molecular complexity index is 719. The molecule has 0 aliphatic carbocycles. The number of rotatable bonds is 7. The van der Waals surface area contributed by atoms with Crippen molar-refractivity contribution >= 4 is 46.6 Å². The van der Waals surface area contributed by atoms with Crippen LogP contribution < -0.4 is 5.32 Å². The minimum atomic E-state index is 0.0561. The number of halogens is 2. The normalized spacial score (nSPS) is 10.7. The summed E-state index contributed by atoms with van der Waals surface area (Å²) in [4.78, 5) is 12.2. The predicted octanol–water partition coefficient (Wildman–Crippen LogP) is 6.13. The van der Waals surface area contributed by atoms with Crippen molar-refractivity contribution in [3.8, 4) is 0 Å². The SMILES string of the molecule is CCc1cccc(C)c1NC(=O)CCSCc1ccc(Cl)c(Cl)c1. The number of nitrogens with one attached hydrogen (secondary N) is 1. The van der Waals surface area contributed by atoms with Gasteiger partial charge in [0.2, 0.25) is 5.91 Å². The van der Waals surface area contributed by atoms with E-state index in [-0.39, 0.29) is 5.91 Å². The van der Waals surface area contributed by atoms with Crippen molar-refractivity contribution in [2.75, 3.05) is 11.1 Å². The van der Waals surface area contributed by atoms with Crippen LogP contribution >= 0.6 is 35.0 Å².